The summed E-state index contributed by atoms with van der Waals surface area (Å²) in [5, 5.41) is 4.03. The van der Waals surface area contributed by atoms with Crippen molar-refractivity contribution in [1.29, 1.82) is 0 Å². The molecule has 1 aromatic heterocycles. The van der Waals surface area contributed by atoms with Crippen molar-refractivity contribution in [2.45, 2.75) is 39.2 Å². The summed E-state index contributed by atoms with van der Waals surface area (Å²) in [5.74, 6) is 7.27. The molecule has 29 heavy (non-hydrogen) atoms. The van der Waals surface area contributed by atoms with Crippen LogP contribution in [0.25, 0.3) is 11.3 Å². The lowest BCUT2D eigenvalue weighted by molar-refractivity contribution is 0.0437. The lowest BCUT2D eigenvalue weighted by Gasteiger charge is -2.05. The van der Waals surface area contributed by atoms with Crippen LogP contribution in [0.4, 0.5) is 0 Å². The minimum absolute atomic E-state index is 0.0426. The van der Waals surface area contributed by atoms with E-state index in [0.717, 1.165) is 22.4 Å². The van der Waals surface area contributed by atoms with Crippen molar-refractivity contribution < 1.29 is 14.1 Å². The fourth-order valence-corrected chi connectivity index (χ4v) is 3.53. The fraction of sp³-hybridized carbons (Fsp3) is 0.280. The Labute approximate surface area is 170 Å². The Hall–Kier alpha value is -3.32. The molecule has 0 atom stereocenters. The second kappa shape index (κ2) is 8.79. The summed E-state index contributed by atoms with van der Waals surface area (Å²) >= 11 is 0. The van der Waals surface area contributed by atoms with Crippen LogP contribution in [0.3, 0.4) is 0 Å². The average Bonchev–Trinajstić information content (AvgIpc) is 3.44. The molecular formula is C25H23NO3. The lowest BCUT2D eigenvalue weighted by Crippen LogP contribution is -2.05. The fourth-order valence-electron chi connectivity index (χ4n) is 3.53. The topological polar surface area (TPSA) is 52.3 Å². The molecular weight excluding hydrogens is 362 g/mol. The summed E-state index contributed by atoms with van der Waals surface area (Å²) < 4.78 is 10.7. The lowest BCUT2D eigenvalue weighted by atomic mass is 10.0. The molecule has 0 aliphatic heterocycles. The highest BCUT2D eigenvalue weighted by Crippen LogP contribution is 2.24. The normalized spacial score (nSPS) is 13.7. The van der Waals surface area contributed by atoms with E-state index in [2.05, 4.69) is 17.0 Å². The van der Waals surface area contributed by atoms with Crippen LogP contribution in [-0.2, 0) is 11.3 Å². The van der Waals surface area contributed by atoms with Gasteiger partial charge < -0.3 is 9.26 Å². The minimum Gasteiger partial charge on any atom is -0.454 e. The third-order valence-corrected chi connectivity index (χ3v) is 5.20. The number of carbonyl (C=O) groups is 1. The van der Waals surface area contributed by atoms with Gasteiger partial charge in [0.2, 0.25) is 0 Å². The van der Waals surface area contributed by atoms with E-state index in [1.54, 1.807) is 12.1 Å². The van der Waals surface area contributed by atoms with E-state index >= 15 is 0 Å². The summed E-state index contributed by atoms with van der Waals surface area (Å²) in [4.78, 5) is 12.4. The molecule has 1 aliphatic rings. The number of carbonyl (C=O) groups excluding carboxylic acids is 1. The average molecular weight is 385 g/mol. The van der Waals surface area contributed by atoms with Gasteiger partial charge in [0, 0.05) is 23.1 Å². The molecule has 3 aromatic rings. The van der Waals surface area contributed by atoms with Crippen molar-refractivity contribution >= 4 is 5.97 Å². The summed E-state index contributed by atoms with van der Waals surface area (Å²) in [6.45, 7) is 2.01. The number of esters is 1. The quantitative estimate of drug-likeness (QED) is 0.436. The van der Waals surface area contributed by atoms with Gasteiger partial charge in [-0.2, -0.15) is 0 Å². The van der Waals surface area contributed by atoms with Crippen LogP contribution in [-0.4, -0.2) is 11.1 Å². The number of hydrogen-bond acceptors (Lipinski definition) is 4. The molecule has 0 radical (unpaired) electrons. The van der Waals surface area contributed by atoms with Crippen LogP contribution < -0.4 is 0 Å². The molecule has 1 aliphatic carbocycles. The van der Waals surface area contributed by atoms with Gasteiger partial charge in [-0.3, -0.25) is 0 Å². The molecule has 0 unspecified atom stereocenters. The predicted molar refractivity (Wildman–Crippen MR) is 111 cm³/mol. The van der Waals surface area contributed by atoms with Gasteiger partial charge in [-0.1, -0.05) is 60.2 Å². The van der Waals surface area contributed by atoms with Gasteiger partial charge in [-0.15, -0.1) is 0 Å². The maximum absolute atomic E-state index is 12.4. The van der Waals surface area contributed by atoms with Crippen LogP contribution in [0.15, 0.2) is 59.1 Å². The van der Waals surface area contributed by atoms with Gasteiger partial charge in [-0.25, -0.2) is 4.79 Å². The second-order valence-electron chi connectivity index (χ2n) is 7.40. The Morgan fingerprint density at radius 1 is 1.14 bits per heavy atom. The van der Waals surface area contributed by atoms with Gasteiger partial charge in [0.15, 0.2) is 12.4 Å². The SMILES string of the molecule is Cc1cc(C(=O)OCc2cc(-c3ccccc3)no2)ccc1C#CC1CCCC1. The largest absolute Gasteiger partial charge is 0.454 e. The van der Waals surface area contributed by atoms with Gasteiger partial charge >= 0.3 is 5.97 Å². The third kappa shape index (κ3) is 4.75. The van der Waals surface area contributed by atoms with E-state index in [1.165, 1.54) is 25.7 Å². The van der Waals surface area contributed by atoms with Gasteiger partial charge in [0.1, 0.15) is 5.69 Å². The molecule has 1 heterocycles. The Kier molecular flexibility index (Phi) is 5.76. The zero-order chi connectivity index (χ0) is 20.1. The number of rotatable bonds is 4. The van der Waals surface area contributed by atoms with E-state index in [4.69, 9.17) is 9.26 Å². The number of aromatic nitrogens is 1. The second-order valence-corrected chi connectivity index (χ2v) is 7.40. The molecule has 4 rings (SSSR count). The first-order chi connectivity index (χ1) is 14.2. The molecule has 0 N–H and O–H groups in total. The summed E-state index contributed by atoms with van der Waals surface area (Å²) in [7, 11) is 0. The molecule has 0 saturated heterocycles. The first kappa shape index (κ1) is 19.0. The number of hydrogen-bond donors (Lipinski definition) is 0. The Morgan fingerprint density at radius 2 is 1.93 bits per heavy atom. The number of aryl methyl sites for hydroxylation is 1. The molecule has 0 amide bonds. The zero-order valence-corrected chi connectivity index (χ0v) is 16.5. The maximum Gasteiger partial charge on any atom is 0.338 e. The highest BCUT2D eigenvalue weighted by atomic mass is 16.5. The number of benzene rings is 2. The smallest absolute Gasteiger partial charge is 0.338 e. The first-order valence-electron chi connectivity index (χ1n) is 9.99. The highest BCUT2D eigenvalue weighted by Gasteiger charge is 2.13. The molecule has 0 spiro atoms. The van der Waals surface area contributed by atoms with Crippen molar-refractivity contribution in [2.75, 3.05) is 0 Å². The monoisotopic (exact) mass is 385 g/mol. The van der Waals surface area contributed by atoms with Crippen LogP contribution in [0.2, 0.25) is 0 Å². The van der Waals surface area contributed by atoms with E-state index in [1.807, 2.05) is 49.4 Å². The zero-order valence-electron chi connectivity index (χ0n) is 16.5. The van der Waals surface area contributed by atoms with E-state index < -0.39 is 0 Å². The summed E-state index contributed by atoms with van der Waals surface area (Å²) in [6.07, 6.45) is 4.95. The summed E-state index contributed by atoms with van der Waals surface area (Å²) in [5.41, 5.74) is 4.14. The molecule has 0 bridgehead atoms. The number of nitrogens with zero attached hydrogens (tertiary/aromatic N) is 1. The van der Waals surface area contributed by atoms with Crippen LogP contribution in [0.5, 0.6) is 0 Å². The Bertz CT molecular complexity index is 1050. The van der Waals surface area contributed by atoms with Crippen molar-refractivity contribution in [3.8, 4) is 23.1 Å². The Balaban J connectivity index is 1.37. The highest BCUT2D eigenvalue weighted by molar-refractivity contribution is 5.89. The summed E-state index contributed by atoms with van der Waals surface area (Å²) in [6, 6.07) is 17.0. The van der Waals surface area contributed by atoms with Crippen LogP contribution >= 0.6 is 0 Å². The molecule has 4 nitrogen and oxygen atoms in total. The third-order valence-electron chi connectivity index (χ3n) is 5.20. The van der Waals surface area contributed by atoms with Gasteiger partial charge in [0.25, 0.3) is 0 Å². The van der Waals surface area contributed by atoms with Crippen molar-refractivity contribution in [3.63, 3.8) is 0 Å². The standard InChI is InChI=1S/C25H23NO3/c1-18-15-22(14-13-20(18)12-11-19-7-5-6-8-19)25(27)28-17-23-16-24(26-29-23)21-9-3-2-4-10-21/h2-4,9-10,13-16,19H,5-8,17H2,1H3. The molecule has 1 saturated carbocycles. The van der Waals surface area contributed by atoms with E-state index in [-0.39, 0.29) is 12.6 Å². The molecule has 2 aromatic carbocycles. The minimum atomic E-state index is -0.388. The van der Waals surface area contributed by atoms with Crippen LogP contribution in [0.1, 0.15) is 52.9 Å². The van der Waals surface area contributed by atoms with Crippen molar-refractivity contribution in [1.82, 2.24) is 5.16 Å². The molecule has 1 fully saturated rings. The van der Waals surface area contributed by atoms with Crippen molar-refractivity contribution in [2.24, 2.45) is 5.92 Å². The van der Waals surface area contributed by atoms with E-state index in [0.29, 0.717) is 17.2 Å². The Morgan fingerprint density at radius 3 is 2.69 bits per heavy atom. The van der Waals surface area contributed by atoms with E-state index in [9.17, 15) is 4.79 Å². The molecule has 146 valence electrons. The predicted octanol–water partition coefficient (Wildman–Crippen LogP) is 5.55. The first-order valence-corrected chi connectivity index (χ1v) is 9.99. The van der Waals surface area contributed by atoms with Gasteiger partial charge in [-0.05, 0) is 43.5 Å². The number of ether oxygens (including phenoxy) is 1. The molecule has 4 heteroatoms. The van der Waals surface area contributed by atoms with Gasteiger partial charge in [0.05, 0.1) is 5.56 Å². The van der Waals surface area contributed by atoms with Crippen LogP contribution in [0, 0.1) is 24.7 Å². The van der Waals surface area contributed by atoms with Crippen molar-refractivity contribution in [3.05, 3.63) is 77.0 Å². The maximum atomic E-state index is 12.4.